The molecule has 0 fully saturated rings. The molecule has 0 aliphatic carbocycles. The maximum Gasteiger partial charge on any atom is 0.185 e. The van der Waals surface area contributed by atoms with Crippen LogP contribution in [0.25, 0.3) is 11.4 Å². The zero-order chi connectivity index (χ0) is 16.4. The number of rotatable bonds is 4. The van der Waals surface area contributed by atoms with Crippen molar-refractivity contribution in [2.45, 2.75) is 10.6 Å². The smallest absolute Gasteiger partial charge is 0.185 e. The van der Waals surface area contributed by atoms with E-state index in [9.17, 15) is 8.42 Å². The Hall–Kier alpha value is -2.38. The monoisotopic (exact) mass is 348 g/mol. The fraction of sp³-hybridized carbons (Fsp3) is 0.0667. The third kappa shape index (κ3) is 3.20. The highest BCUT2D eigenvalue weighted by Crippen LogP contribution is 2.20. The van der Waals surface area contributed by atoms with Crippen molar-refractivity contribution in [3.8, 4) is 11.4 Å². The van der Waals surface area contributed by atoms with Gasteiger partial charge in [0.2, 0.25) is 0 Å². The molecule has 3 rings (SSSR count). The summed E-state index contributed by atoms with van der Waals surface area (Å²) in [7, 11) is -3.58. The largest absolute Gasteiger partial charge is 0.336 e. The first-order valence-corrected chi connectivity index (χ1v) is 8.73. The maximum atomic E-state index is 12.4. The van der Waals surface area contributed by atoms with Crippen LogP contribution in [0.3, 0.4) is 0 Å². The first kappa shape index (κ1) is 15.5. The fourth-order valence-electron chi connectivity index (χ4n) is 2.10. The zero-order valence-electron chi connectivity index (χ0n) is 11.9. The second kappa shape index (κ2) is 6.02. The number of nitrogen functional groups attached to an aromatic ring is 1. The Bertz CT molecular complexity index is 922. The molecule has 2 N–H and O–H groups in total. The summed E-state index contributed by atoms with van der Waals surface area (Å²) in [6.07, 6.45) is 0. The normalized spacial score (nSPS) is 11.5. The van der Waals surface area contributed by atoms with E-state index in [-0.39, 0.29) is 16.5 Å². The second-order valence-corrected chi connectivity index (χ2v) is 7.31. The Morgan fingerprint density at radius 1 is 1.00 bits per heavy atom. The van der Waals surface area contributed by atoms with Crippen molar-refractivity contribution in [2.75, 3.05) is 5.84 Å². The fourth-order valence-corrected chi connectivity index (χ4v) is 3.48. The van der Waals surface area contributed by atoms with Crippen LogP contribution < -0.4 is 5.84 Å². The van der Waals surface area contributed by atoms with E-state index in [0.717, 1.165) is 5.56 Å². The molecule has 1 aromatic heterocycles. The van der Waals surface area contributed by atoms with Gasteiger partial charge in [-0.1, -0.05) is 41.9 Å². The van der Waals surface area contributed by atoms with Gasteiger partial charge in [0.1, 0.15) is 5.75 Å². The van der Waals surface area contributed by atoms with E-state index in [1.165, 1.54) is 28.9 Å². The van der Waals surface area contributed by atoms with Crippen LogP contribution in [-0.4, -0.2) is 23.3 Å². The van der Waals surface area contributed by atoms with E-state index < -0.39 is 9.84 Å². The van der Waals surface area contributed by atoms with E-state index in [0.29, 0.717) is 10.8 Å². The van der Waals surface area contributed by atoms with Crippen LogP contribution in [0.5, 0.6) is 0 Å². The number of benzene rings is 2. The van der Waals surface area contributed by atoms with Gasteiger partial charge in [-0.05, 0) is 24.3 Å². The lowest BCUT2D eigenvalue weighted by molar-refractivity contribution is 0.593. The second-order valence-electron chi connectivity index (χ2n) is 4.89. The number of aromatic nitrogens is 3. The van der Waals surface area contributed by atoms with Crippen molar-refractivity contribution in [1.82, 2.24) is 14.9 Å². The van der Waals surface area contributed by atoms with Gasteiger partial charge in [-0.2, -0.15) is 0 Å². The molecule has 0 radical (unpaired) electrons. The Morgan fingerprint density at radius 2 is 1.65 bits per heavy atom. The Kier molecular flexibility index (Phi) is 4.06. The molecule has 118 valence electrons. The molecule has 0 saturated carbocycles. The van der Waals surface area contributed by atoms with Gasteiger partial charge in [-0.3, -0.25) is 0 Å². The topological polar surface area (TPSA) is 90.9 Å². The molecular weight excluding hydrogens is 336 g/mol. The zero-order valence-corrected chi connectivity index (χ0v) is 13.5. The predicted molar refractivity (Wildman–Crippen MR) is 88.0 cm³/mol. The molecule has 0 aliphatic rings. The highest BCUT2D eigenvalue weighted by Gasteiger charge is 2.21. The van der Waals surface area contributed by atoms with Gasteiger partial charge in [-0.25, -0.2) is 13.1 Å². The van der Waals surface area contributed by atoms with Gasteiger partial charge in [0.15, 0.2) is 21.5 Å². The Morgan fingerprint density at radius 3 is 2.30 bits per heavy atom. The highest BCUT2D eigenvalue weighted by molar-refractivity contribution is 7.90. The van der Waals surface area contributed by atoms with Gasteiger partial charge in [-0.15, -0.1) is 10.2 Å². The molecule has 0 saturated heterocycles. The first-order valence-electron chi connectivity index (χ1n) is 6.70. The molecule has 0 bridgehead atoms. The summed E-state index contributed by atoms with van der Waals surface area (Å²) in [5, 5.41) is 8.35. The van der Waals surface area contributed by atoms with Crippen LogP contribution in [0.15, 0.2) is 59.5 Å². The maximum absolute atomic E-state index is 12.4. The number of nitrogens with zero attached hydrogens (tertiary/aromatic N) is 3. The summed E-state index contributed by atoms with van der Waals surface area (Å²) < 4.78 is 26.1. The Balaban J connectivity index is 1.92. The summed E-state index contributed by atoms with van der Waals surface area (Å²) in [4.78, 5) is 0.158. The lowest BCUT2D eigenvalue weighted by atomic mass is 10.2. The number of hydrogen-bond donors (Lipinski definition) is 1. The molecule has 6 nitrogen and oxygen atoms in total. The summed E-state index contributed by atoms with van der Waals surface area (Å²) >= 11 is 5.78. The van der Waals surface area contributed by atoms with Crippen molar-refractivity contribution in [2.24, 2.45) is 0 Å². The quantitative estimate of drug-likeness (QED) is 0.730. The minimum absolute atomic E-state index is 0.158. The third-order valence-electron chi connectivity index (χ3n) is 3.29. The molecule has 1 heterocycles. The van der Waals surface area contributed by atoms with Crippen LogP contribution in [0, 0.1) is 0 Å². The van der Waals surface area contributed by atoms with Gasteiger partial charge in [0, 0.05) is 10.6 Å². The number of hydrogen-bond acceptors (Lipinski definition) is 5. The third-order valence-corrected chi connectivity index (χ3v) is 5.17. The number of halogens is 1. The summed E-state index contributed by atoms with van der Waals surface area (Å²) in [5.41, 5.74) is 0.762. The van der Waals surface area contributed by atoms with Crippen molar-refractivity contribution in [3.05, 3.63) is 65.4 Å². The minimum atomic E-state index is -3.58. The summed E-state index contributed by atoms with van der Waals surface area (Å²) in [6.45, 7) is 0. The molecule has 0 spiro atoms. The van der Waals surface area contributed by atoms with Gasteiger partial charge in [0.25, 0.3) is 0 Å². The highest BCUT2D eigenvalue weighted by atomic mass is 35.5. The van der Waals surface area contributed by atoms with Crippen molar-refractivity contribution in [3.63, 3.8) is 0 Å². The molecule has 0 unspecified atom stereocenters. The summed E-state index contributed by atoms with van der Waals surface area (Å²) in [5.74, 6) is 6.18. The van der Waals surface area contributed by atoms with Gasteiger partial charge < -0.3 is 5.84 Å². The lowest BCUT2D eigenvalue weighted by Crippen LogP contribution is -2.17. The number of nitrogens with two attached hydrogens (primary N) is 1. The van der Waals surface area contributed by atoms with E-state index in [1.807, 2.05) is 30.3 Å². The van der Waals surface area contributed by atoms with Crippen LogP contribution in [0.4, 0.5) is 0 Å². The van der Waals surface area contributed by atoms with Crippen LogP contribution in [0.1, 0.15) is 5.82 Å². The standard InChI is InChI=1S/C15H13ClN4O2S/c16-12-6-8-13(9-7-12)23(21,22)10-14-18-19-15(20(14)17)11-4-2-1-3-5-11/h1-9H,10,17H2. The molecular formula is C15H13ClN4O2S. The first-order chi connectivity index (χ1) is 11.0. The average Bonchev–Trinajstić information content (AvgIpc) is 2.89. The van der Waals surface area contributed by atoms with Gasteiger partial charge in [0.05, 0.1) is 4.90 Å². The van der Waals surface area contributed by atoms with E-state index in [1.54, 1.807) is 0 Å². The average molecular weight is 349 g/mol. The molecule has 2 aromatic carbocycles. The predicted octanol–water partition coefficient (Wildman–Crippen LogP) is 2.29. The van der Waals surface area contributed by atoms with Crippen molar-refractivity contribution in [1.29, 1.82) is 0 Å². The molecule has 0 aliphatic heterocycles. The minimum Gasteiger partial charge on any atom is -0.336 e. The molecule has 0 atom stereocenters. The van der Waals surface area contributed by atoms with E-state index in [2.05, 4.69) is 10.2 Å². The molecule has 23 heavy (non-hydrogen) atoms. The van der Waals surface area contributed by atoms with E-state index in [4.69, 9.17) is 17.4 Å². The summed E-state index contributed by atoms with van der Waals surface area (Å²) in [6, 6.07) is 15.2. The van der Waals surface area contributed by atoms with Crippen molar-refractivity contribution >= 4 is 21.4 Å². The SMILES string of the molecule is Nn1c(CS(=O)(=O)c2ccc(Cl)cc2)nnc1-c1ccccc1. The van der Waals surface area contributed by atoms with Crippen LogP contribution >= 0.6 is 11.6 Å². The van der Waals surface area contributed by atoms with Crippen LogP contribution in [-0.2, 0) is 15.6 Å². The molecule has 8 heteroatoms. The van der Waals surface area contributed by atoms with E-state index >= 15 is 0 Å². The molecule has 0 amide bonds. The van der Waals surface area contributed by atoms with Gasteiger partial charge >= 0.3 is 0 Å². The number of sulfone groups is 1. The van der Waals surface area contributed by atoms with Crippen molar-refractivity contribution < 1.29 is 8.42 Å². The molecule has 3 aromatic rings. The Labute approximate surface area is 138 Å². The van der Waals surface area contributed by atoms with Crippen LogP contribution in [0.2, 0.25) is 5.02 Å². The lowest BCUT2D eigenvalue weighted by Gasteiger charge is -2.06.